The van der Waals surface area contributed by atoms with Crippen LogP contribution in [-0.2, 0) is 23.1 Å². The summed E-state index contributed by atoms with van der Waals surface area (Å²) in [6.07, 6.45) is -1.87. The number of aliphatic hydroxyl groups is 1. The van der Waals surface area contributed by atoms with Crippen LogP contribution in [-0.4, -0.2) is 46.5 Å². The molecule has 11 nitrogen and oxygen atoms in total. The minimum Gasteiger partial charge on any atom is -0.390 e. The van der Waals surface area contributed by atoms with Crippen molar-refractivity contribution < 1.29 is 33.1 Å². The third-order valence-corrected chi connectivity index (χ3v) is 5.34. The van der Waals surface area contributed by atoms with Gasteiger partial charge in [0.05, 0.1) is 12.7 Å². The lowest BCUT2D eigenvalue weighted by Crippen LogP contribution is -2.33. The molecule has 0 aromatic carbocycles. The van der Waals surface area contributed by atoms with Gasteiger partial charge in [0.25, 0.3) is 5.56 Å². The summed E-state index contributed by atoms with van der Waals surface area (Å²) >= 11 is 8.47. The Bertz CT molecular complexity index is 880. The summed E-state index contributed by atoms with van der Waals surface area (Å²) in [6, 6.07) is 0. The van der Waals surface area contributed by atoms with E-state index in [1.807, 2.05) is 0 Å². The van der Waals surface area contributed by atoms with Crippen LogP contribution in [0.1, 0.15) is 18.2 Å². The Morgan fingerprint density at radius 3 is 2.70 bits per heavy atom. The van der Waals surface area contributed by atoms with Crippen molar-refractivity contribution in [3.63, 3.8) is 0 Å². The molecule has 0 amide bonds. The minimum atomic E-state index is -4.79. The van der Waals surface area contributed by atoms with E-state index in [4.69, 9.17) is 4.74 Å². The molecule has 4 atom stereocenters. The average molecular weight is 601 g/mol. The highest BCUT2D eigenvalue weighted by Crippen LogP contribution is 2.48. The predicted octanol–water partition coefficient (Wildman–Crippen LogP) is 0.992. The number of hydrogen-bond acceptors (Lipinski definition) is 8. The molecule has 1 aliphatic rings. The number of aryl methyl sites for hydroxylation is 1. The Morgan fingerprint density at radius 2 is 2.11 bits per heavy atom. The number of halogens is 3. The number of phosphoric ester groups is 1. The molecule has 3 N–H and O–H groups in total. The van der Waals surface area contributed by atoms with E-state index in [1.54, 1.807) is 0 Å². The van der Waals surface area contributed by atoms with Gasteiger partial charge < -0.3 is 14.4 Å². The van der Waals surface area contributed by atoms with Crippen LogP contribution < -0.4 is 11.2 Å². The van der Waals surface area contributed by atoms with Crippen molar-refractivity contribution in [2.75, 3.05) is 6.61 Å². The molecule has 0 saturated carbocycles. The molecule has 1 saturated heterocycles. The molecule has 0 aliphatic carbocycles. The number of aromatic nitrogens is 2. The molecule has 2 heterocycles. The molecule has 152 valence electrons. The molecule has 0 bridgehead atoms. The number of nitrogens with one attached hydrogen (secondary N) is 1. The smallest absolute Gasteiger partial charge is 0.390 e. The van der Waals surface area contributed by atoms with Gasteiger partial charge in [0.2, 0.25) is 2.14 Å². The number of alkyl halides is 3. The van der Waals surface area contributed by atoms with Crippen molar-refractivity contribution in [1.29, 1.82) is 0 Å². The van der Waals surface area contributed by atoms with Gasteiger partial charge in [-0.1, -0.05) is 0 Å². The highest BCUT2D eigenvalue weighted by molar-refractivity contribution is 9.40. The molecule has 0 radical (unpaired) electrons. The molecule has 0 spiro atoms. The lowest BCUT2D eigenvalue weighted by molar-refractivity contribution is -0.134. The average Bonchev–Trinajstić information content (AvgIpc) is 2.88. The Kier molecular flexibility index (Phi) is 7.29. The minimum absolute atomic E-state index is 0.0255. The van der Waals surface area contributed by atoms with E-state index in [2.05, 4.69) is 61.8 Å². The summed E-state index contributed by atoms with van der Waals surface area (Å²) in [7, 11) is -4.79. The van der Waals surface area contributed by atoms with Gasteiger partial charge >= 0.3 is 19.5 Å². The number of H-pyrrole nitrogens is 1. The number of ether oxygens (including phenoxy) is 1. The van der Waals surface area contributed by atoms with Gasteiger partial charge in [0.1, 0.15) is 12.3 Å². The number of aliphatic hydroxyl groups excluding tert-OH is 1. The maximum absolute atomic E-state index is 11.9. The predicted molar refractivity (Wildman–Crippen MR) is 102 cm³/mol. The van der Waals surface area contributed by atoms with Gasteiger partial charge in [-0.25, -0.2) is 14.2 Å². The molecule has 1 unspecified atom stereocenters. The summed E-state index contributed by atoms with van der Waals surface area (Å²) in [5, 5.41) is 10.0. The Labute approximate surface area is 177 Å². The zero-order valence-corrected chi connectivity index (χ0v) is 19.2. The van der Waals surface area contributed by atoms with E-state index in [0.29, 0.717) is 0 Å². The third kappa shape index (κ3) is 6.07. The number of carbonyl (C=O) groups is 1. The van der Waals surface area contributed by atoms with Crippen molar-refractivity contribution in [1.82, 2.24) is 9.55 Å². The van der Waals surface area contributed by atoms with E-state index in [0.717, 1.165) is 4.57 Å². The van der Waals surface area contributed by atoms with Crippen LogP contribution in [0.25, 0.3) is 0 Å². The van der Waals surface area contributed by atoms with E-state index in [1.165, 1.54) is 13.1 Å². The number of rotatable bonds is 5. The molecular formula is C12H14Br3N2O9P. The second-order valence-electron chi connectivity index (χ2n) is 5.55. The number of aromatic amines is 1. The van der Waals surface area contributed by atoms with Gasteiger partial charge in [-0.2, -0.15) is 0 Å². The second kappa shape index (κ2) is 8.57. The third-order valence-electron chi connectivity index (χ3n) is 3.49. The van der Waals surface area contributed by atoms with Crippen molar-refractivity contribution in [2.45, 2.75) is 33.9 Å². The molecule has 15 heteroatoms. The Balaban J connectivity index is 2.02. The lowest BCUT2D eigenvalue weighted by atomic mass is 10.2. The van der Waals surface area contributed by atoms with Gasteiger partial charge in [-0.15, -0.1) is 0 Å². The van der Waals surface area contributed by atoms with E-state index >= 15 is 0 Å². The van der Waals surface area contributed by atoms with Crippen molar-refractivity contribution in [3.05, 3.63) is 32.6 Å². The monoisotopic (exact) mass is 598 g/mol. The first-order valence-corrected chi connectivity index (χ1v) is 11.1. The van der Waals surface area contributed by atoms with Gasteiger partial charge in [-0.3, -0.25) is 23.8 Å². The van der Waals surface area contributed by atoms with Crippen molar-refractivity contribution >= 4 is 61.6 Å². The van der Waals surface area contributed by atoms with Gasteiger partial charge in [0.15, 0.2) is 0 Å². The van der Waals surface area contributed by atoms with Crippen molar-refractivity contribution in [3.8, 4) is 0 Å². The number of carbonyl (C=O) groups excluding carboxylic acids is 1. The van der Waals surface area contributed by atoms with E-state index < -0.39 is 52.2 Å². The van der Waals surface area contributed by atoms with E-state index in [9.17, 15) is 28.9 Å². The highest BCUT2D eigenvalue weighted by atomic mass is 80.0. The first kappa shape index (κ1) is 22.9. The molecule has 2 rings (SSSR count). The summed E-state index contributed by atoms with van der Waals surface area (Å²) in [4.78, 5) is 46.5. The summed E-state index contributed by atoms with van der Waals surface area (Å²) in [5.41, 5.74) is -1.00. The summed E-state index contributed by atoms with van der Waals surface area (Å²) in [6.45, 7) is 0.907. The maximum atomic E-state index is 11.9. The SMILES string of the molecule is Cc1cn([C@H]2C[C@H](O)[C@@H](COP(=O)(O)OC(=O)C(Br)(Br)Br)O2)c(=O)[nH]c1=O. The van der Waals surface area contributed by atoms with Crippen LogP contribution in [0, 0.1) is 6.92 Å². The van der Waals surface area contributed by atoms with Crippen LogP contribution >= 0.6 is 55.6 Å². The fraction of sp³-hybridized carbons (Fsp3) is 0.583. The van der Waals surface area contributed by atoms with Crippen LogP contribution in [0.15, 0.2) is 15.8 Å². The molecule has 27 heavy (non-hydrogen) atoms. The topological polar surface area (TPSA) is 157 Å². The maximum Gasteiger partial charge on any atom is 0.529 e. The first-order chi connectivity index (χ1) is 12.3. The van der Waals surface area contributed by atoms with Crippen LogP contribution in [0.3, 0.4) is 0 Å². The molecular weight excluding hydrogens is 587 g/mol. The van der Waals surface area contributed by atoms with E-state index in [-0.39, 0.29) is 12.0 Å². The number of hydrogen-bond donors (Lipinski definition) is 3. The van der Waals surface area contributed by atoms with Crippen LogP contribution in [0.5, 0.6) is 0 Å². The fourth-order valence-electron chi connectivity index (χ4n) is 2.19. The standard InChI is InChI=1S/C12H14Br3N2O9P/c1-5-3-17(11(21)16-9(5)19)8-2-6(18)7(25-8)4-24-27(22,23)26-10(20)12(13,14)15/h3,6-8,18H,2,4H2,1H3,(H,22,23)(H,16,19,21)/t6-,7+,8+/m0/s1. The first-order valence-electron chi connectivity index (χ1n) is 7.24. The zero-order chi connectivity index (χ0) is 20.6. The normalized spacial score (nSPS) is 25.2. The van der Waals surface area contributed by atoms with Crippen LogP contribution in [0.4, 0.5) is 0 Å². The molecule has 1 aromatic heterocycles. The number of nitrogens with zero attached hydrogens (tertiary/aromatic N) is 1. The van der Waals surface area contributed by atoms with Gasteiger partial charge in [-0.05, 0) is 54.7 Å². The largest absolute Gasteiger partial charge is 0.529 e. The zero-order valence-electron chi connectivity index (χ0n) is 13.5. The fourth-order valence-corrected chi connectivity index (χ4v) is 3.54. The quantitative estimate of drug-likeness (QED) is 0.331. The Morgan fingerprint density at radius 1 is 1.48 bits per heavy atom. The van der Waals surface area contributed by atoms with Crippen molar-refractivity contribution in [2.24, 2.45) is 0 Å². The van der Waals surface area contributed by atoms with Crippen LogP contribution in [0.2, 0.25) is 0 Å². The highest BCUT2D eigenvalue weighted by Gasteiger charge is 2.41. The Hall–Kier alpha value is -0.340. The van der Waals surface area contributed by atoms with Gasteiger partial charge in [0, 0.05) is 18.2 Å². The molecule has 1 aliphatic heterocycles. The summed E-state index contributed by atoms with van der Waals surface area (Å²) < 4.78 is 25.8. The number of phosphoric acid groups is 1. The second-order valence-corrected chi connectivity index (χ2v) is 13.7. The molecule has 1 fully saturated rings. The lowest BCUT2D eigenvalue weighted by Gasteiger charge is -2.19. The molecule has 1 aromatic rings. The summed E-state index contributed by atoms with van der Waals surface area (Å²) in [5.74, 6) is -1.17.